The van der Waals surface area contributed by atoms with Crippen LogP contribution in [0.5, 0.6) is 0 Å². The van der Waals surface area contributed by atoms with Gasteiger partial charge in [-0.25, -0.2) is 15.8 Å². The summed E-state index contributed by atoms with van der Waals surface area (Å²) < 4.78 is 1.81. The summed E-state index contributed by atoms with van der Waals surface area (Å²) in [6.07, 6.45) is 2.00. The molecule has 0 fully saturated rings. The van der Waals surface area contributed by atoms with Crippen LogP contribution < -0.4 is 16.6 Å². The molecule has 0 unspecified atom stereocenters. The highest BCUT2D eigenvalue weighted by molar-refractivity contribution is 5.57. The zero-order valence-electron chi connectivity index (χ0n) is 13.2. The number of rotatable bonds is 5. The zero-order chi connectivity index (χ0) is 15.6. The molecule has 2 heterocycles. The third-order valence-electron chi connectivity index (χ3n) is 3.38. The molecular formula is C14H23N7. The van der Waals surface area contributed by atoms with Crippen molar-refractivity contribution in [1.29, 1.82) is 0 Å². The number of hydrazine groups is 1. The Bertz CT molecular complexity index is 630. The number of aromatic nitrogens is 4. The fraction of sp³-hybridized carbons (Fsp3) is 0.500. The minimum absolute atomic E-state index is 0.235. The van der Waals surface area contributed by atoms with E-state index in [1.165, 1.54) is 0 Å². The maximum absolute atomic E-state index is 5.54. The van der Waals surface area contributed by atoms with Crippen LogP contribution in [0.4, 0.5) is 11.6 Å². The highest BCUT2D eigenvalue weighted by atomic mass is 15.3. The highest BCUT2D eigenvalue weighted by Gasteiger charge is 2.13. The fourth-order valence-electron chi connectivity index (χ4n) is 2.11. The van der Waals surface area contributed by atoms with E-state index in [-0.39, 0.29) is 5.92 Å². The lowest BCUT2D eigenvalue weighted by molar-refractivity contribution is 0.756. The number of hydrogen-bond acceptors (Lipinski definition) is 6. The maximum atomic E-state index is 5.54. The molecule has 0 bridgehead atoms. The first-order valence-corrected chi connectivity index (χ1v) is 7.00. The van der Waals surface area contributed by atoms with Crippen LogP contribution in [0, 0.1) is 13.8 Å². The Labute approximate surface area is 124 Å². The topological polar surface area (TPSA) is 93.7 Å². The lowest BCUT2D eigenvalue weighted by Gasteiger charge is -2.14. The van der Waals surface area contributed by atoms with E-state index in [0.717, 1.165) is 28.5 Å². The average Bonchev–Trinajstić information content (AvgIpc) is 2.75. The molecule has 0 spiro atoms. The minimum atomic E-state index is 0.235. The van der Waals surface area contributed by atoms with Crippen molar-refractivity contribution in [3.63, 3.8) is 0 Å². The van der Waals surface area contributed by atoms with Gasteiger partial charge in [-0.2, -0.15) is 5.10 Å². The van der Waals surface area contributed by atoms with Crippen LogP contribution >= 0.6 is 0 Å². The average molecular weight is 289 g/mol. The van der Waals surface area contributed by atoms with Gasteiger partial charge in [0.1, 0.15) is 17.5 Å². The summed E-state index contributed by atoms with van der Waals surface area (Å²) >= 11 is 0. The van der Waals surface area contributed by atoms with Crippen LogP contribution in [0.1, 0.15) is 42.4 Å². The van der Waals surface area contributed by atoms with Gasteiger partial charge in [0, 0.05) is 36.8 Å². The molecule has 7 heteroatoms. The van der Waals surface area contributed by atoms with Crippen LogP contribution in [0.15, 0.2) is 6.20 Å². The molecule has 2 aromatic heterocycles. The van der Waals surface area contributed by atoms with Gasteiger partial charge in [0.2, 0.25) is 0 Å². The SMILES string of the molecule is Cc1nn(C)cc1CNc1nc(C(C)C)nc(NN)c1C. The van der Waals surface area contributed by atoms with Gasteiger partial charge >= 0.3 is 0 Å². The van der Waals surface area contributed by atoms with Crippen molar-refractivity contribution in [1.82, 2.24) is 19.7 Å². The van der Waals surface area contributed by atoms with Crippen LogP contribution in [0.2, 0.25) is 0 Å². The van der Waals surface area contributed by atoms with E-state index in [2.05, 4.69) is 39.7 Å². The summed E-state index contributed by atoms with van der Waals surface area (Å²) in [4.78, 5) is 9.01. The van der Waals surface area contributed by atoms with Gasteiger partial charge in [-0.05, 0) is 13.8 Å². The molecule has 0 aromatic carbocycles. The monoisotopic (exact) mass is 289 g/mol. The molecule has 0 aliphatic carbocycles. The van der Waals surface area contributed by atoms with Crippen molar-refractivity contribution in [2.45, 2.75) is 40.2 Å². The van der Waals surface area contributed by atoms with E-state index < -0.39 is 0 Å². The molecule has 2 aromatic rings. The van der Waals surface area contributed by atoms with Gasteiger partial charge in [-0.3, -0.25) is 4.68 Å². The molecule has 0 radical (unpaired) electrons. The van der Waals surface area contributed by atoms with Crippen molar-refractivity contribution in [2.24, 2.45) is 12.9 Å². The first-order chi connectivity index (χ1) is 9.92. The molecule has 0 amide bonds. The maximum Gasteiger partial charge on any atom is 0.148 e. The standard InChI is InChI=1S/C14H23N7/c1-8(2)12-17-13(9(3)14(18-12)19-15)16-6-11-7-21(5)20-10(11)4/h7-8H,6,15H2,1-5H3,(H2,16,17,18,19). The van der Waals surface area contributed by atoms with Crippen molar-refractivity contribution in [3.8, 4) is 0 Å². The van der Waals surface area contributed by atoms with E-state index in [9.17, 15) is 0 Å². The minimum Gasteiger partial charge on any atom is -0.365 e. The van der Waals surface area contributed by atoms with E-state index in [0.29, 0.717) is 12.4 Å². The summed E-state index contributed by atoms with van der Waals surface area (Å²) in [6, 6.07) is 0. The Morgan fingerprint density at radius 3 is 2.43 bits per heavy atom. The number of nitrogen functional groups attached to an aromatic ring is 1. The molecule has 114 valence electrons. The molecule has 2 rings (SSSR count). The fourth-order valence-corrected chi connectivity index (χ4v) is 2.11. The summed E-state index contributed by atoms with van der Waals surface area (Å²) in [6.45, 7) is 8.72. The zero-order valence-corrected chi connectivity index (χ0v) is 13.2. The largest absolute Gasteiger partial charge is 0.365 e. The second kappa shape index (κ2) is 6.09. The molecular weight excluding hydrogens is 266 g/mol. The van der Waals surface area contributed by atoms with Crippen LogP contribution in [0.25, 0.3) is 0 Å². The number of aryl methyl sites for hydroxylation is 2. The van der Waals surface area contributed by atoms with E-state index in [4.69, 9.17) is 5.84 Å². The first-order valence-electron chi connectivity index (χ1n) is 7.00. The van der Waals surface area contributed by atoms with Gasteiger partial charge in [0.15, 0.2) is 0 Å². The first kappa shape index (κ1) is 15.2. The lowest BCUT2D eigenvalue weighted by atomic mass is 10.2. The van der Waals surface area contributed by atoms with Gasteiger partial charge < -0.3 is 10.7 Å². The molecule has 0 saturated heterocycles. The Hall–Kier alpha value is -2.15. The van der Waals surface area contributed by atoms with E-state index in [1.807, 2.05) is 31.8 Å². The quantitative estimate of drug-likeness (QED) is 0.574. The molecule has 4 N–H and O–H groups in total. The summed E-state index contributed by atoms with van der Waals surface area (Å²) in [5.74, 6) is 7.99. The van der Waals surface area contributed by atoms with Gasteiger partial charge in [0.25, 0.3) is 0 Å². The third-order valence-corrected chi connectivity index (χ3v) is 3.38. The Kier molecular flexibility index (Phi) is 4.42. The number of anilines is 2. The number of nitrogens with zero attached hydrogens (tertiary/aromatic N) is 4. The second-order valence-electron chi connectivity index (χ2n) is 5.47. The van der Waals surface area contributed by atoms with Crippen molar-refractivity contribution < 1.29 is 0 Å². The van der Waals surface area contributed by atoms with Crippen LogP contribution in [0.3, 0.4) is 0 Å². The van der Waals surface area contributed by atoms with Gasteiger partial charge in [0.05, 0.1) is 5.69 Å². The third kappa shape index (κ3) is 3.30. The molecule has 0 saturated carbocycles. The normalized spacial score (nSPS) is 11.0. The smallest absolute Gasteiger partial charge is 0.148 e. The molecule has 7 nitrogen and oxygen atoms in total. The van der Waals surface area contributed by atoms with E-state index in [1.54, 1.807) is 0 Å². The summed E-state index contributed by atoms with van der Waals surface area (Å²) in [5, 5.41) is 7.69. The second-order valence-corrected chi connectivity index (χ2v) is 5.47. The predicted octanol–water partition coefficient (Wildman–Crippen LogP) is 1.85. The van der Waals surface area contributed by atoms with Crippen molar-refractivity contribution in [3.05, 3.63) is 28.8 Å². The number of nitrogens with one attached hydrogen (secondary N) is 2. The lowest BCUT2D eigenvalue weighted by Crippen LogP contribution is -2.15. The molecule has 0 atom stereocenters. The van der Waals surface area contributed by atoms with Crippen LogP contribution in [-0.4, -0.2) is 19.7 Å². The molecule has 0 aliphatic heterocycles. The van der Waals surface area contributed by atoms with Crippen LogP contribution in [-0.2, 0) is 13.6 Å². The molecule has 21 heavy (non-hydrogen) atoms. The van der Waals surface area contributed by atoms with Gasteiger partial charge in [-0.15, -0.1) is 0 Å². The Balaban J connectivity index is 2.26. The Morgan fingerprint density at radius 2 is 1.90 bits per heavy atom. The number of hydrogen-bond donors (Lipinski definition) is 3. The molecule has 0 aliphatic rings. The highest BCUT2D eigenvalue weighted by Crippen LogP contribution is 2.23. The van der Waals surface area contributed by atoms with Gasteiger partial charge in [-0.1, -0.05) is 13.8 Å². The van der Waals surface area contributed by atoms with Crippen molar-refractivity contribution >= 4 is 11.6 Å². The Morgan fingerprint density at radius 1 is 1.24 bits per heavy atom. The van der Waals surface area contributed by atoms with E-state index >= 15 is 0 Å². The van der Waals surface area contributed by atoms with Crippen molar-refractivity contribution in [2.75, 3.05) is 10.7 Å². The number of nitrogens with two attached hydrogens (primary N) is 1. The predicted molar refractivity (Wildman–Crippen MR) is 83.9 cm³/mol. The summed E-state index contributed by atoms with van der Waals surface area (Å²) in [7, 11) is 1.92. The summed E-state index contributed by atoms with van der Waals surface area (Å²) in [5.41, 5.74) is 5.70.